The summed E-state index contributed by atoms with van der Waals surface area (Å²) in [5.74, 6) is -0.525. The number of hydrogen-bond acceptors (Lipinski definition) is 7. The van der Waals surface area contributed by atoms with Gasteiger partial charge in [-0.25, -0.2) is 4.57 Å². The van der Waals surface area contributed by atoms with Crippen molar-refractivity contribution in [3.8, 4) is 0 Å². The third-order valence-corrected chi connectivity index (χ3v) is 10.3. The van der Waals surface area contributed by atoms with E-state index in [1.807, 2.05) is 0 Å². The Morgan fingerprint density at radius 1 is 0.585 bits per heavy atom. The molecule has 2 atom stereocenters. The molecule has 53 heavy (non-hydrogen) atoms. The standard InChI is InChI=1S/C43H82NO8P/c1-3-5-7-9-11-13-15-17-18-19-20-21-22-24-26-28-30-32-34-36-43(47)50-39-41(45)40-52-53(48,49)51-38-37-44-42(46)35-33-31-29-27-25-23-16-14-12-10-8-6-4-2/h8,10,14,16,41,45H,3-7,9,11-13,15,17-40H2,1-2H3,(H,44,46)(H,48,49)/b10-8-,16-14-. The maximum Gasteiger partial charge on any atom is 0.472 e. The van der Waals surface area contributed by atoms with Crippen LogP contribution in [-0.4, -0.2) is 54.3 Å². The van der Waals surface area contributed by atoms with E-state index in [0.717, 1.165) is 70.6 Å². The van der Waals surface area contributed by atoms with Crippen molar-refractivity contribution in [2.24, 2.45) is 0 Å². The van der Waals surface area contributed by atoms with Crippen LogP contribution in [0.15, 0.2) is 24.3 Å². The summed E-state index contributed by atoms with van der Waals surface area (Å²) >= 11 is 0. The zero-order valence-electron chi connectivity index (χ0n) is 34.2. The second-order valence-electron chi connectivity index (χ2n) is 14.7. The Kier molecular flexibility index (Phi) is 39.0. The number of aliphatic hydroxyl groups is 1. The Hall–Kier alpha value is -1.51. The maximum atomic E-state index is 12.1. The van der Waals surface area contributed by atoms with Gasteiger partial charge in [0.05, 0.1) is 13.2 Å². The second kappa shape index (κ2) is 40.2. The number of carbonyl (C=O) groups is 2. The highest BCUT2D eigenvalue weighted by Gasteiger charge is 2.23. The maximum absolute atomic E-state index is 12.1. The Morgan fingerprint density at radius 2 is 1.06 bits per heavy atom. The van der Waals surface area contributed by atoms with Gasteiger partial charge in [-0.1, -0.05) is 179 Å². The van der Waals surface area contributed by atoms with Crippen LogP contribution in [0, 0.1) is 0 Å². The smallest absolute Gasteiger partial charge is 0.463 e. The molecule has 10 heteroatoms. The number of rotatable bonds is 41. The lowest BCUT2D eigenvalue weighted by atomic mass is 10.0. The molecule has 0 saturated carbocycles. The highest BCUT2D eigenvalue weighted by atomic mass is 31.2. The van der Waals surface area contributed by atoms with Gasteiger partial charge >= 0.3 is 13.8 Å². The Balaban J connectivity index is 3.57. The van der Waals surface area contributed by atoms with Crippen molar-refractivity contribution in [1.82, 2.24) is 5.32 Å². The van der Waals surface area contributed by atoms with E-state index in [2.05, 4.69) is 43.5 Å². The number of ether oxygens (including phenoxy) is 1. The van der Waals surface area contributed by atoms with Gasteiger partial charge in [-0.3, -0.25) is 18.6 Å². The molecule has 0 aliphatic carbocycles. The van der Waals surface area contributed by atoms with Crippen LogP contribution in [0.5, 0.6) is 0 Å². The molecule has 0 aromatic rings. The van der Waals surface area contributed by atoms with Gasteiger partial charge in [-0.05, 0) is 38.5 Å². The highest BCUT2D eigenvalue weighted by molar-refractivity contribution is 7.47. The minimum Gasteiger partial charge on any atom is -0.463 e. The van der Waals surface area contributed by atoms with Gasteiger partial charge in [0.25, 0.3) is 0 Å². The average molecular weight is 772 g/mol. The van der Waals surface area contributed by atoms with Crippen molar-refractivity contribution in [3.63, 3.8) is 0 Å². The zero-order valence-corrected chi connectivity index (χ0v) is 35.1. The van der Waals surface area contributed by atoms with E-state index in [1.54, 1.807) is 0 Å². The molecule has 0 spiro atoms. The number of allylic oxidation sites excluding steroid dienone is 4. The van der Waals surface area contributed by atoms with E-state index in [0.29, 0.717) is 6.42 Å². The Labute approximate surface area is 325 Å². The monoisotopic (exact) mass is 772 g/mol. The number of phosphoric acid groups is 1. The number of nitrogens with one attached hydrogen (secondary N) is 1. The molecule has 0 fully saturated rings. The fourth-order valence-corrected chi connectivity index (χ4v) is 6.82. The molecule has 3 N–H and O–H groups in total. The van der Waals surface area contributed by atoms with E-state index in [-0.39, 0.29) is 32.1 Å². The van der Waals surface area contributed by atoms with Crippen molar-refractivity contribution in [3.05, 3.63) is 24.3 Å². The van der Waals surface area contributed by atoms with Crippen LogP contribution < -0.4 is 5.32 Å². The van der Waals surface area contributed by atoms with Gasteiger partial charge < -0.3 is 20.1 Å². The van der Waals surface area contributed by atoms with E-state index < -0.39 is 26.5 Å². The molecule has 9 nitrogen and oxygen atoms in total. The Bertz CT molecular complexity index is 928. The summed E-state index contributed by atoms with van der Waals surface area (Å²) in [5.41, 5.74) is 0. The molecule has 0 aliphatic heterocycles. The third kappa shape index (κ3) is 41.5. The third-order valence-electron chi connectivity index (χ3n) is 9.37. The lowest BCUT2D eigenvalue weighted by Crippen LogP contribution is -2.27. The van der Waals surface area contributed by atoms with Gasteiger partial charge in [-0.2, -0.15) is 0 Å². The number of esters is 1. The SMILES string of the molecule is CCC/C=C\C/C=C\CCCCCCCC(=O)NCCOP(=O)(O)OCC(O)COC(=O)CCCCCCCCCCCCCCCCCCCCC. The van der Waals surface area contributed by atoms with E-state index in [9.17, 15) is 24.2 Å². The molecule has 0 radical (unpaired) electrons. The van der Waals surface area contributed by atoms with Crippen LogP contribution in [0.25, 0.3) is 0 Å². The van der Waals surface area contributed by atoms with Crippen LogP contribution in [-0.2, 0) is 27.9 Å². The first-order chi connectivity index (χ1) is 25.8. The molecule has 0 saturated heterocycles. The highest BCUT2D eigenvalue weighted by Crippen LogP contribution is 2.42. The number of phosphoric ester groups is 1. The fraction of sp³-hybridized carbons (Fsp3) is 0.860. The van der Waals surface area contributed by atoms with E-state index >= 15 is 0 Å². The normalized spacial score (nSPS) is 13.5. The van der Waals surface area contributed by atoms with Crippen LogP contribution in [0.2, 0.25) is 0 Å². The molecule has 0 bridgehead atoms. The number of amides is 1. The van der Waals surface area contributed by atoms with Crippen molar-refractivity contribution >= 4 is 19.7 Å². The van der Waals surface area contributed by atoms with E-state index in [4.69, 9.17) is 13.8 Å². The number of unbranched alkanes of at least 4 members (excludes halogenated alkanes) is 24. The van der Waals surface area contributed by atoms with Crippen molar-refractivity contribution in [2.45, 2.75) is 213 Å². The molecule has 0 heterocycles. The van der Waals surface area contributed by atoms with Gasteiger partial charge in [0.15, 0.2) is 0 Å². The summed E-state index contributed by atoms with van der Waals surface area (Å²) in [7, 11) is -4.41. The summed E-state index contributed by atoms with van der Waals surface area (Å²) in [6, 6.07) is 0. The summed E-state index contributed by atoms with van der Waals surface area (Å²) in [5, 5.41) is 12.7. The molecule has 312 valence electrons. The predicted molar refractivity (Wildman–Crippen MR) is 220 cm³/mol. The molecule has 0 rings (SSSR count). The van der Waals surface area contributed by atoms with Crippen molar-refractivity contribution < 1.29 is 37.9 Å². The minimum atomic E-state index is -4.41. The summed E-state index contributed by atoms with van der Waals surface area (Å²) in [6.07, 6.45) is 42.5. The molecule has 0 aromatic carbocycles. The predicted octanol–water partition coefficient (Wildman–Crippen LogP) is 12.0. The summed E-state index contributed by atoms with van der Waals surface area (Å²) < 4.78 is 26.9. The second-order valence-corrected chi connectivity index (χ2v) is 16.1. The molecule has 0 aliphatic rings. The number of hydrogen-bond donors (Lipinski definition) is 3. The average Bonchev–Trinajstić information content (AvgIpc) is 3.14. The lowest BCUT2D eigenvalue weighted by Gasteiger charge is -2.15. The van der Waals surface area contributed by atoms with Crippen molar-refractivity contribution in [1.29, 1.82) is 0 Å². The topological polar surface area (TPSA) is 131 Å². The summed E-state index contributed by atoms with van der Waals surface area (Å²) in [4.78, 5) is 33.9. The van der Waals surface area contributed by atoms with Gasteiger partial charge in [0.1, 0.15) is 12.7 Å². The van der Waals surface area contributed by atoms with Crippen LogP contribution in [0.1, 0.15) is 206 Å². The summed E-state index contributed by atoms with van der Waals surface area (Å²) in [6.45, 7) is 3.49. The zero-order chi connectivity index (χ0) is 38.9. The molecular weight excluding hydrogens is 689 g/mol. The van der Waals surface area contributed by atoms with Gasteiger partial charge in [0, 0.05) is 19.4 Å². The van der Waals surface area contributed by atoms with E-state index in [1.165, 1.54) is 109 Å². The molecule has 1 amide bonds. The van der Waals surface area contributed by atoms with Crippen LogP contribution in [0.3, 0.4) is 0 Å². The molecular formula is C43H82NO8P. The minimum absolute atomic E-state index is 0.0757. The number of carbonyl (C=O) groups excluding carboxylic acids is 2. The lowest BCUT2D eigenvalue weighted by molar-refractivity contribution is -0.147. The van der Waals surface area contributed by atoms with Gasteiger partial charge in [-0.15, -0.1) is 0 Å². The molecule has 0 aromatic heterocycles. The van der Waals surface area contributed by atoms with Gasteiger partial charge in [0.2, 0.25) is 5.91 Å². The number of aliphatic hydroxyl groups excluding tert-OH is 1. The Morgan fingerprint density at radius 3 is 1.58 bits per heavy atom. The first kappa shape index (κ1) is 51.5. The largest absolute Gasteiger partial charge is 0.472 e. The van der Waals surface area contributed by atoms with Crippen LogP contribution in [0.4, 0.5) is 0 Å². The first-order valence-corrected chi connectivity index (χ1v) is 23.3. The fourth-order valence-electron chi connectivity index (χ4n) is 6.07. The van der Waals surface area contributed by atoms with Crippen molar-refractivity contribution in [2.75, 3.05) is 26.4 Å². The quantitative estimate of drug-likeness (QED) is 0.0242. The van der Waals surface area contributed by atoms with Crippen LogP contribution >= 0.6 is 7.82 Å². The molecule has 2 unspecified atom stereocenters. The first-order valence-electron chi connectivity index (χ1n) is 21.8.